The molecule has 0 fully saturated rings. The monoisotopic (exact) mass is 390 g/mol. The number of rotatable bonds is 6. The Bertz CT molecular complexity index is 563. The summed E-state index contributed by atoms with van der Waals surface area (Å²) in [6.45, 7) is 0.598. The van der Waals surface area contributed by atoms with E-state index in [1.165, 1.54) is 4.90 Å². The molecule has 0 aliphatic rings. The molecule has 1 nitrogen and oxygen atoms in total. The van der Waals surface area contributed by atoms with Gasteiger partial charge in [0.15, 0.2) is 0 Å². The Morgan fingerprint density at radius 3 is 2.55 bits per heavy atom. The van der Waals surface area contributed by atoms with Gasteiger partial charge in [-0.3, -0.25) is 0 Å². The molecule has 0 amide bonds. The number of ether oxygens (including phenoxy) is 1. The molecule has 0 heterocycles. The Morgan fingerprint density at radius 2 is 1.85 bits per heavy atom. The Labute approximate surface area is 141 Å². The van der Waals surface area contributed by atoms with Crippen LogP contribution >= 0.6 is 50.9 Å². The third-order valence-corrected chi connectivity index (χ3v) is 4.65. The van der Waals surface area contributed by atoms with Crippen molar-refractivity contribution in [2.24, 2.45) is 0 Å². The van der Waals surface area contributed by atoms with E-state index in [1.54, 1.807) is 17.8 Å². The van der Waals surface area contributed by atoms with E-state index >= 15 is 0 Å². The molecule has 0 aliphatic carbocycles. The van der Waals surface area contributed by atoms with Crippen LogP contribution in [0.2, 0.25) is 10.0 Å². The van der Waals surface area contributed by atoms with E-state index in [0.717, 1.165) is 11.3 Å². The number of alkyl halides is 1. The van der Waals surface area contributed by atoms with Gasteiger partial charge in [0.1, 0.15) is 5.75 Å². The van der Waals surface area contributed by atoms with Gasteiger partial charge in [-0.25, -0.2) is 0 Å². The zero-order valence-corrected chi connectivity index (χ0v) is 14.5. The number of thioether (sulfide) groups is 1. The van der Waals surface area contributed by atoms with Crippen molar-refractivity contribution < 1.29 is 4.74 Å². The highest BCUT2D eigenvalue weighted by Crippen LogP contribution is 2.34. The highest BCUT2D eigenvalue weighted by atomic mass is 79.9. The van der Waals surface area contributed by atoms with Gasteiger partial charge < -0.3 is 4.74 Å². The molecule has 0 radical (unpaired) electrons. The average Bonchev–Trinajstić information content (AvgIpc) is 2.45. The summed E-state index contributed by atoms with van der Waals surface area (Å²) in [5.74, 6) is 1.58. The maximum absolute atomic E-state index is 6.17. The molecule has 0 N–H and O–H groups in total. The lowest BCUT2D eigenvalue weighted by Crippen LogP contribution is -2.02. The lowest BCUT2D eigenvalue weighted by molar-refractivity contribution is 0.341. The van der Waals surface area contributed by atoms with E-state index in [-0.39, 0.29) is 0 Å². The molecule has 0 saturated carbocycles. The molecule has 2 rings (SSSR count). The lowest BCUT2D eigenvalue weighted by atomic mass is 10.2. The molecular formula is C15H13BrCl2OS. The normalized spacial score (nSPS) is 10.6. The number of benzene rings is 2. The summed E-state index contributed by atoms with van der Waals surface area (Å²) in [6.07, 6.45) is 0. The van der Waals surface area contributed by atoms with Gasteiger partial charge in [-0.05, 0) is 24.3 Å². The van der Waals surface area contributed by atoms with Gasteiger partial charge in [0.2, 0.25) is 0 Å². The minimum Gasteiger partial charge on any atom is -0.491 e. The van der Waals surface area contributed by atoms with Gasteiger partial charge in [-0.2, -0.15) is 0 Å². The maximum Gasteiger partial charge on any atom is 0.142 e. The molecule has 2 aromatic carbocycles. The van der Waals surface area contributed by atoms with Crippen LogP contribution in [-0.4, -0.2) is 12.4 Å². The van der Waals surface area contributed by atoms with Crippen molar-refractivity contribution >= 4 is 50.9 Å². The van der Waals surface area contributed by atoms with Crippen molar-refractivity contribution in [1.29, 1.82) is 0 Å². The number of halogens is 3. The first-order valence-corrected chi connectivity index (χ1v) is 8.91. The van der Waals surface area contributed by atoms with Gasteiger partial charge >= 0.3 is 0 Å². The molecule has 5 heteroatoms. The third-order valence-electron chi connectivity index (χ3n) is 2.57. The molecule has 106 valence electrons. The number of hydrogen-bond acceptors (Lipinski definition) is 2. The van der Waals surface area contributed by atoms with Crippen molar-refractivity contribution in [2.45, 2.75) is 10.2 Å². The van der Waals surface area contributed by atoms with Crippen LogP contribution in [0.25, 0.3) is 0 Å². The van der Waals surface area contributed by atoms with Crippen LogP contribution in [0.4, 0.5) is 0 Å². The second-order valence-corrected chi connectivity index (χ2v) is 6.59. The predicted molar refractivity (Wildman–Crippen MR) is 91.8 cm³/mol. The summed E-state index contributed by atoms with van der Waals surface area (Å²) in [4.78, 5) is 1.24. The second-order valence-electron chi connectivity index (χ2n) is 4.02. The van der Waals surface area contributed by atoms with Crippen LogP contribution in [-0.2, 0) is 5.33 Å². The highest BCUT2D eigenvalue weighted by molar-refractivity contribution is 9.08. The van der Waals surface area contributed by atoms with Crippen LogP contribution in [0.5, 0.6) is 5.75 Å². The average molecular weight is 392 g/mol. The Hall–Kier alpha value is -0.350. The summed E-state index contributed by atoms with van der Waals surface area (Å²) < 4.78 is 5.79. The molecule has 0 spiro atoms. The summed E-state index contributed by atoms with van der Waals surface area (Å²) in [5.41, 5.74) is 0.965. The molecule has 0 bridgehead atoms. The number of hydrogen-bond donors (Lipinski definition) is 0. The summed E-state index contributed by atoms with van der Waals surface area (Å²) in [7, 11) is 0. The van der Waals surface area contributed by atoms with Crippen molar-refractivity contribution in [3.63, 3.8) is 0 Å². The Kier molecular flexibility index (Phi) is 6.56. The van der Waals surface area contributed by atoms with Gasteiger partial charge in [-0.15, -0.1) is 11.8 Å². The van der Waals surface area contributed by atoms with E-state index < -0.39 is 0 Å². The van der Waals surface area contributed by atoms with Crippen LogP contribution < -0.4 is 4.74 Å². The van der Waals surface area contributed by atoms with E-state index in [4.69, 9.17) is 27.9 Å². The standard InChI is InChI=1S/C15H13BrCl2OS/c16-10-11-8-12(17)9-14(18)15(11)19-6-7-20-13-4-2-1-3-5-13/h1-5,8-9H,6-7,10H2. The smallest absolute Gasteiger partial charge is 0.142 e. The van der Waals surface area contributed by atoms with Gasteiger partial charge in [-0.1, -0.05) is 57.3 Å². The molecule has 0 unspecified atom stereocenters. The third kappa shape index (κ3) is 4.59. The van der Waals surface area contributed by atoms with Crippen molar-refractivity contribution in [3.05, 3.63) is 58.1 Å². The molecule has 0 aliphatic heterocycles. The quantitative estimate of drug-likeness (QED) is 0.336. The zero-order chi connectivity index (χ0) is 14.4. The first-order chi connectivity index (χ1) is 9.70. The Morgan fingerprint density at radius 1 is 1.10 bits per heavy atom. The van der Waals surface area contributed by atoms with Crippen LogP contribution in [0.15, 0.2) is 47.4 Å². The minimum absolute atomic E-state index is 0.552. The van der Waals surface area contributed by atoms with E-state index in [1.807, 2.05) is 24.3 Å². The van der Waals surface area contributed by atoms with Crippen molar-refractivity contribution in [2.75, 3.05) is 12.4 Å². The van der Waals surface area contributed by atoms with Crippen LogP contribution in [0.3, 0.4) is 0 Å². The minimum atomic E-state index is 0.552. The first kappa shape index (κ1) is 16.0. The second kappa shape index (κ2) is 8.18. The predicted octanol–water partition coefficient (Wildman–Crippen LogP) is 6.06. The molecule has 0 aromatic heterocycles. The molecule has 20 heavy (non-hydrogen) atoms. The fourth-order valence-electron chi connectivity index (χ4n) is 1.69. The van der Waals surface area contributed by atoms with Gasteiger partial charge in [0, 0.05) is 26.6 Å². The fourth-order valence-corrected chi connectivity index (χ4v) is 3.45. The maximum atomic E-state index is 6.17. The van der Waals surface area contributed by atoms with E-state index in [0.29, 0.717) is 27.7 Å². The van der Waals surface area contributed by atoms with Crippen LogP contribution in [0, 0.1) is 0 Å². The largest absolute Gasteiger partial charge is 0.491 e. The molecule has 0 atom stereocenters. The first-order valence-electron chi connectivity index (χ1n) is 6.05. The van der Waals surface area contributed by atoms with Crippen molar-refractivity contribution in [1.82, 2.24) is 0 Å². The van der Waals surface area contributed by atoms with E-state index in [2.05, 4.69) is 28.1 Å². The summed E-state index contributed by atoms with van der Waals surface area (Å²) >= 11 is 17.3. The Balaban J connectivity index is 1.91. The SMILES string of the molecule is Clc1cc(Cl)c(OCCSc2ccccc2)c(CBr)c1. The summed E-state index contributed by atoms with van der Waals surface area (Å²) in [6, 6.07) is 13.8. The van der Waals surface area contributed by atoms with E-state index in [9.17, 15) is 0 Å². The summed E-state index contributed by atoms with van der Waals surface area (Å²) in [5, 5.41) is 1.83. The van der Waals surface area contributed by atoms with Crippen LogP contribution in [0.1, 0.15) is 5.56 Å². The highest BCUT2D eigenvalue weighted by Gasteiger charge is 2.09. The van der Waals surface area contributed by atoms with Gasteiger partial charge in [0.25, 0.3) is 0 Å². The topological polar surface area (TPSA) is 9.23 Å². The molecule has 2 aromatic rings. The molecule has 0 saturated heterocycles. The lowest BCUT2D eigenvalue weighted by Gasteiger charge is -2.12. The fraction of sp³-hybridized carbons (Fsp3) is 0.200. The molecular weight excluding hydrogens is 379 g/mol. The zero-order valence-electron chi connectivity index (χ0n) is 10.6. The van der Waals surface area contributed by atoms with Crippen molar-refractivity contribution in [3.8, 4) is 5.75 Å². The van der Waals surface area contributed by atoms with Gasteiger partial charge in [0.05, 0.1) is 11.6 Å².